The summed E-state index contributed by atoms with van der Waals surface area (Å²) < 4.78 is 10.7. The van der Waals surface area contributed by atoms with Crippen LogP contribution in [-0.2, 0) is 16.0 Å². The van der Waals surface area contributed by atoms with E-state index in [1.165, 1.54) is 11.6 Å². The lowest BCUT2D eigenvalue weighted by Gasteiger charge is -2.25. The van der Waals surface area contributed by atoms with Crippen LogP contribution < -0.4 is 4.74 Å². The second-order valence-corrected chi connectivity index (χ2v) is 4.37. The van der Waals surface area contributed by atoms with Gasteiger partial charge < -0.3 is 9.47 Å². The van der Waals surface area contributed by atoms with Gasteiger partial charge in [0.25, 0.3) is 0 Å². The van der Waals surface area contributed by atoms with Crippen LogP contribution in [0.1, 0.15) is 24.5 Å². The Morgan fingerprint density at radius 2 is 2.39 bits per heavy atom. The normalized spacial score (nSPS) is 18.2. The molecule has 0 unspecified atom stereocenters. The van der Waals surface area contributed by atoms with Crippen LogP contribution in [0.3, 0.4) is 0 Å². The highest BCUT2D eigenvalue weighted by molar-refractivity contribution is 5.81. The van der Waals surface area contributed by atoms with E-state index in [-0.39, 0.29) is 12.1 Å². The van der Waals surface area contributed by atoms with Gasteiger partial charge in [-0.3, -0.25) is 0 Å². The molecule has 0 amide bonds. The number of ether oxygens (including phenoxy) is 2. The summed E-state index contributed by atoms with van der Waals surface area (Å²) in [6, 6.07) is 6.18. The summed E-state index contributed by atoms with van der Waals surface area (Å²) in [5.41, 5.74) is 2.39. The average Bonchev–Trinajstić information content (AvgIpc) is 2.37. The summed E-state index contributed by atoms with van der Waals surface area (Å²) in [5, 5.41) is 0. The zero-order valence-corrected chi connectivity index (χ0v) is 10.8. The Balaban J connectivity index is 2.04. The number of rotatable bonds is 3. The second kappa shape index (κ2) is 5.71. The van der Waals surface area contributed by atoms with Gasteiger partial charge in [-0.15, -0.1) is 0 Å². The van der Waals surface area contributed by atoms with Gasteiger partial charge in [-0.1, -0.05) is 18.2 Å². The third kappa shape index (κ3) is 2.92. The zero-order chi connectivity index (χ0) is 13.0. The lowest BCUT2D eigenvalue weighted by atomic mass is 9.99. The highest BCUT2D eigenvalue weighted by atomic mass is 16.5. The van der Waals surface area contributed by atoms with E-state index in [2.05, 4.69) is 6.07 Å². The van der Waals surface area contributed by atoms with Crippen molar-refractivity contribution in [3.8, 4) is 5.75 Å². The van der Waals surface area contributed by atoms with E-state index in [0.717, 1.165) is 24.2 Å². The molecule has 1 aromatic rings. The minimum atomic E-state index is -0.309. The summed E-state index contributed by atoms with van der Waals surface area (Å²) in [6.45, 7) is 4.23. The van der Waals surface area contributed by atoms with E-state index in [4.69, 9.17) is 9.47 Å². The first-order chi connectivity index (χ1) is 8.70. The Morgan fingerprint density at radius 3 is 3.17 bits per heavy atom. The fraction of sp³-hybridized carbons (Fsp3) is 0.400. The van der Waals surface area contributed by atoms with Crippen molar-refractivity contribution in [1.82, 2.24) is 0 Å². The van der Waals surface area contributed by atoms with Gasteiger partial charge in [0, 0.05) is 6.08 Å². The van der Waals surface area contributed by atoms with Gasteiger partial charge in [-0.25, -0.2) is 4.79 Å². The van der Waals surface area contributed by atoms with Crippen molar-refractivity contribution < 1.29 is 14.3 Å². The van der Waals surface area contributed by atoms with Gasteiger partial charge in [0.1, 0.15) is 11.9 Å². The first kappa shape index (κ1) is 12.7. The van der Waals surface area contributed by atoms with E-state index >= 15 is 0 Å². The molecule has 0 N–H and O–H groups in total. The molecule has 0 radical (unpaired) electrons. The van der Waals surface area contributed by atoms with Gasteiger partial charge >= 0.3 is 5.97 Å². The van der Waals surface area contributed by atoms with Crippen LogP contribution in [0.5, 0.6) is 5.75 Å². The van der Waals surface area contributed by atoms with Crippen molar-refractivity contribution in [3.63, 3.8) is 0 Å². The number of para-hydroxylation sites is 1. The number of carbonyl (C=O) groups is 1. The molecule has 0 saturated carbocycles. The Bertz CT molecular complexity index is 463. The van der Waals surface area contributed by atoms with Crippen LogP contribution in [0, 0.1) is 6.92 Å². The minimum Gasteiger partial charge on any atom is -0.486 e. The molecule has 0 saturated heterocycles. The van der Waals surface area contributed by atoms with Gasteiger partial charge in [0.2, 0.25) is 0 Å². The van der Waals surface area contributed by atoms with E-state index in [1.807, 2.05) is 19.1 Å². The molecule has 1 atom stereocenters. The van der Waals surface area contributed by atoms with Gasteiger partial charge in [0.05, 0.1) is 6.61 Å². The fourth-order valence-electron chi connectivity index (χ4n) is 2.10. The number of fused-ring (bicyclic) bond motifs is 1. The lowest BCUT2D eigenvalue weighted by Crippen LogP contribution is -2.21. The summed E-state index contributed by atoms with van der Waals surface area (Å²) in [6.07, 6.45) is 5.08. The lowest BCUT2D eigenvalue weighted by molar-refractivity contribution is -0.137. The maximum absolute atomic E-state index is 11.2. The Kier molecular flexibility index (Phi) is 4.03. The molecule has 1 aromatic carbocycles. The van der Waals surface area contributed by atoms with E-state index in [0.29, 0.717) is 6.61 Å². The number of benzene rings is 1. The Hall–Kier alpha value is -1.77. The molecule has 1 heterocycles. The molecule has 96 valence electrons. The van der Waals surface area contributed by atoms with Crippen molar-refractivity contribution >= 4 is 5.97 Å². The van der Waals surface area contributed by atoms with E-state index < -0.39 is 0 Å². The van der Waals surface area contributed by atoms with Crippen molar-refractivity contribution in [3.05, 3.63) is 41.5 Å². The van der Waals surface area contributed by atoms with Crippen LogP contribution in [0.25, 0.3) is 0 Å². The highest BCUT2D eigenvalue weighted by Gasteiger charge is 2.19. The van der Waals surface area contributed by atoms with E-state index in [9.17, 15) is 4.79 Å². The van der Waals surface area contributed by atoms with Crippen molar-refractivity contribution in [2.24, 2.45) is 0 Å². The van der Waals surface area contributed by atoms with Crippen molar-refractivity contribution in [1.29, 1.82) is 0 Å². The minimum absolute atomic E-state index is 0.0389. The summed E-state index contributed by atoms with van der Waals surface area (Å²) >= 11 is 0. The first-order valence-corrected chi connectivity index (χ1v) is 6.31. The highest BCUT2D eigenvalue weighted by Crippen LogP contribution is 2.31. The fourth-order valence-corrected chi connectivity index (χ4v) is 2.10. The number of aryl methyl sites for hydroxylation is 2. The molecule has 1 aliphatic heterocycles. The molecule has 1 aliphatic rings. The molecule has 18 heavy (non-hydrogen) atoms. The predicted octanol–water partition coefficient (Wildman–Crippen LogP) is 2.81. The smallest absolute Gasteiger partial charge is 0.330 e. The predicted molar refractivity (Wildman–Crippen MR) is 69.7 cm³/mol. The van der Waals surface area contributed by atoms with Crippen molar-refractivity contribution in [2.75, 3.05) is 6.61 Å². The summed E-state index contributed by atoms with van der Waals surface area (Å²) in [5.74, 6) is 0.652. The number of hydrogen-bond donors (Lipinski definition) is 0. The van der Waals surface area contributed by atoms with Gasteiger partial charge in [-0.05, 0) is 43.9 Å². The molecule has 0 bridgehead atoms. The number of esters is 1. The Labute approximate surface area is 107 Å². The Morgan fingerprint density at radius 1 is 1.56 bits per heavy atom. The molecule has 3 heteroatoms. The number of hydrogen-bond acceptors (Lipinski definition) is 3. The molecule has 2 rings (SSSR count). The topological polar surface area (TPSA) is 35.5 Å². The largest absolute Gasteiger partial charge is 0.486 e. The quantitative estimate of drug-likeness (QED) is 0.607. The van der Waals surface area contributed by atoms with Crippen LogP contribution in [0.15, 0.2) is 30.4 Å². The molecule has 0 aromatic heterocycles. The molecular weight excluding hydrogens is 228 g/mol. The van der Waals surface area contributed by atoms with Crippen LogP contribution in [-0.4, -0.2) is 18.7 Å². The third-order valence-corrected chi connectivity index (χ3v) is 2.99. The maximum atomic E-state index is 11.2. The van der Waals surface area contributed by atoms with Crippen molar-refractivity contribution in [2.45, 2.75) is 32.8 Å². The average molecular weight is 246 g/mol. The number of carbonyl (C=O) groups excluding carboxylic acids is 1. The molecule has 3 nitrogen and oxygen atoms in total. The second-order valence-electron chi connectivity index (χ2n) is 4.37. The molecule has 0 fully saturated rings. The van der Waals surface area contributed by atoms with Gasteiger partial charge in [-0.2, -0.15) is 0 Å². The van der Waals surface area contributed by atoms with Crippen LogP contribution >= 0.6 is 0 Å². The van der Waals surface area contributed by atoms with E-state index in [1.54, 1.807) is 13.0 Å². The molecular formula is C15H18O3. The monoisotopic (exact) mass is 246 g/mol. The third-order valence-electron chi connectivity index (χ3n) is 2.99. The first-order valence-electron chi connectivity index (χ1n) is 6.31. The maximum Gasteiger partial charge on any atom is 0.330 e. The summed E-state index contributed by atoms with van der Waals surface area (Å²) in [4.78, 5) is 11.2. The SMILES string of the molecule is CCOC(=O)/C=C/[C@H]1CCc2cccc(C)c2O1. The summed E-state index contributed by atoms with van der Waals surface area (Å²) in [7, 11) is 0. The van der Waals surface area contributed by atoms with Crippen LogP contribution in [0.2, 0.25) is 0 Å². The zero-order valence-electron chi connectivity index (χ0n) is 10.8. The molecule has 0 spiro atoms. The van der Waals surface area contributed by atoms with Crippen LogP contribution in [0.4, 0.5) is 0 Å². The van der Waals surface area contributed by atoms with Gasteiger partial charge in [0.15, 0.2) is 0 Å². The standard InChI is InChI=1S/C15H18O3/c1-3-17-14(16)10-9-13-8-7-12-6-4-5-11(2)15(12)18-13/h4-6,9-10,13H,3,7-8H2,1-2H3/b10-9+/t13-/m1/s1. The molecule has 0 aliphatic carbocycles.